The SMILES string of the molecule is O=C1c2ccc3c4c(ccc(c24)C(=O)N1NC(=O)C12CC4CC(CC(C4)C1)C2)CC3. The van der Waals surface area contributed by atoms with Crippen LogP contribution < -0.4 is 5.43 Å². The van der Waals surface area contributed by atoms with Crippen LogP contribution in [0.5, 0.6) is 0 Å². The third-order valence-corrected chi connectivity index (χ3v) is 8.60. The second-order valence-corrected chi connectivity index (χ2v) is 10.4. The number of aryl methyl sites for hydroxylation is 2. The lowest BCUT2D eigenvalue weighted by Crippen LogP contribution is -2.59. The summed E-state index contributed by atoms with van der Waals surface area (Å²) in [6.07, 6.45) is 8.34. The largest absolute Gasteiger partial charge is 0.280 e. The van der Waals surface area contributed by atoms with Crippen molar-refractivity contribution in [1.82, 2.24) is 10.4 Å². The van der Waals surface area contributed by atoms with Crippen LogP contribution >= 0.6 is 0 Å². The lowest BCUT2D eigenvalue weighted by Gasteiger charge is -2.55. The maximum Gasteiger partial charge on any atom is 0.280 e. The molecule has 2 aromatic carbocycles. The zero-order chi connectivity index (χ0) is 20.2. The summed E-state index contributed by atoms with van der Waals surface area (Å²) >= 11 is 0. The highest BCUT2D eigenvalue weighted by atomic mass is 16.2. The molecule has 6 aliphatic rings. The van der Waals surface area contributed by atoms with E-state index in [2.05, 4.69) is 5.43 Å². The highest BCUT2D eigenvalue weighted by Crippen LogP contribution is 2.60. The smallest absolute Gasteiger partial charge is 0.273 e. The molecule has 4 bridgehead atoms. The molecule has 0 spiro atoms. The van der Waals surface area contributed by atoms with Crippen LogP contribution in [-0.2, 0) is 17.6 Å². The predicted octanol–water partition coefficient (Wildman–Crippen LogP) is 3.78. The Labute approximate surface area is 174 Å². The first-order valence-electron chi connectivity index (χ1n) is 11.3. The van der Waals surface area contributed by atoms with Crippen molar-refractivity contribution in [2.75, 3.05) is 0 Å². The zero-order valence-corrected chi connectivity index (χ0v) is 16.9. The molecule has 5 heteroatoms. The number of hydrogen-bond donors (Lipinski definition) is 1. The number of hydrazine groups is 1. The van der Waals surface area contributed by atoms with Crippen molar-refractivity contribution in [3.8, 4) is 0 Å². The van der Waals surface area contributed by atoms with E-state index in [4.69, 9.17) is 0 Å². The van der Waals surface area contributed by atoms with Crippen LogP contribution in [-0.4, -0.2) is 22.7 Å². The Bertz CT molecular complexity index is 1090. The van der Waals surface area contributed by atoms with E-state index in [0.717, 1.165) is 47.9 Å². The van der Waals surface area contributed by atoms with Gasteiger partial charge in [0, 0.05) is 5.39 Å². The van der Waals surface area contributed by atoms with Gasteiger partial charge < -0.3 is 0 Å². The molecule has 30 heavy (non-hydrogen) atoms. The van der Waals surface area contributed by atoms with Gasteiger partial charge in [-0.2, -0.15) is 5.01 Å². The first-order valence-corrected chi connectivity index (χ1v) is 11.3. The number of imide groups is 1. The molecule has 1 aliphatic heterocycles. The van der Waals surface area contributed by atoms with Gasteiger partial charge in [-0.3, -0.25) is 19.8 Å². The first-order chi connectivity index (χ1) is 14.5. The molecule has 2 aromatic rings. The Balaban J connectivity index is 1.26. The van der Waals surface area contributed by atoms with Gasteiger partial charge >= 0.3 is 0 Å². The van der Waals surface area contributed by atoms with Crippen LogP contribution in [0.1, 0.15) is 70.4 Å². The van der Waals surface area contributed by atoms with Crippen LogP contribution in [0.25, 0.3) is 10.8 Å². The Hall–Kier alpha value is -2.69. The Morgan fingerprint density at radius 2 is 1.30 bits per heavy atom. The van der Waals surface area contributed by atoms with E-state index in [9.17, 15) is 14.4 Å². The van der Waals surface area contributed by atoms with E-state index < -0.39 is 17.2 Å². The molecule has 5 nitrogen and oxygen atoms in total. The molecule has 1 heterocycles. The van der Waals surface area contributed by atoms with Gasteiger partial charge in [0.25, 0.3) is 11.8 Å². The van der Waals surface area contributed by atoms with Crippen molar-refractivity contribution in [3.05, 3.63) is 46.5 Å². The van der Waals surface area contributed by atoms with E-state index >= 15 is 0 Å². The molecule has 5 aliphatic carbocycles. The summed E-state index contributed by atoms with van der Waals surface area (Å²) in [5, 5.41) is 2.84. The second kappa shape index (κ2) is 5.51. The second-order valence-electron chi connectivity index (χ2n) is 10.4. The number of carbonyl (C=O) groups excluding carboxylic acids is 3. The predicted molar refractivity (Wildman–Crippen MR) is 111 cm³/mol. The highest BCUT2D eigenvalue weighted by molar-refractivity contribution is 6.26. The van der Waals surface area contributed by atoms with Crippen LogP contribution in [0.2, 0.25) is 0 Å². The minimum absolute atomic E-state index is 0.124. The molecule has 0 atom stereocenters. The number of nitrogens with one attached hydrogen (secondary N) is 1. The van der Waals surface area contributed by atoms with Gasteiger partial charge in [0.2, 0.25) is 5.91 Å². The zero-order valence-electron chi connectivity index (χ0n) is 16.9. The molecular weight excluding hydrogens is 376 g/mol. The number of hydrogen-bond acceptors (Lipinski definition) is 3. The highest BCUT2D eigenvalue weighted by Gasteiger charge is 2.55. The van der Waals surface area contributed by atoms with Crippen LogP contribution in [0.3, 0.4) is 0 Å². The first kappa shape index (κ1) is 17.0. The summed E-state index contributed by atoms with van der Waals surface area (Å²) < 4.78 is 0. The monoisotopic (exact) mass is 400 g/mol. The minimum atomic E-state index is -0.402. The molecule has 4 saturated carbocycles. The minimum Gasteiger partial charge on any atom is -0.273 e. The van der Waals surface area contributed by atoms with Gasteiger partial charge in [0.05, 0.1) is 16.5 Å². The van der Waals surface area contributed by atoms with Gasteiger partial charge in [-0.05, 0) is 97.8 Å². The van der Waals surface area contributed by atoms with Crippen molar-refractivity contribution in [2.45, 2.75) is 51.4 Å². The number of amides is 3. The standard InChI is InChI=1S/C25H24N2O3/c28-22-18-5-3-16-1-2-17-4-6-19(21(18)20(16)17)23(29)27(22)26-24(30)25-10-13-7-14(11-25)9-15(8-13)12-25/h3-6,13-15H,1-2,7-12H2,(H,26,30). The summed E-state index contributed by atoms with van der Waals surface area (Å²) in [6.45, 7) is 0. The molecule has 4 fully saturated rings. The van der Waals surface area contributed by atoms with Gasteiger partial charge in [0.15, 0.2) is 0 Å². The van der Waals surface area contributed by atoms with Crippen molar-refractivity contribution in [1.29, 1.82) is 0 Å². The Morgan fingerprint density at radius 1 is 0.800 bits per heavy atom. The van der Waals surface area contributed by atoms with Crippen LogP contribution in [0, 0.1) is 23.2 Å². The third-order valence-electron chi connectivity index (χ3n) is 8.60. The van der Waals surface area contributed by atoms with E-state index in [1.54, 1.807) is 0 Å². The molecule has 0 saturated heterocycles. The summed E-state index contributed by atoms with van der Waals surface area (Å²) in [5.74, 6) is 0.955. The Kier molecular flexibility index (Phi) is 3.13. The van der Waals surface area contributed by atoms with E-state index in [-0.39, 0.29) is 5.91 Å². The number of rotatable bonds is 2. The number of benzene rings is 2. The fourth-order valence-corrected chi connectivity index (χ4v) is 7.73. The summed E-state index contributed by atoms with van der Waals surface area (Å²) in [6, 6.07) is 7.67. The lowest BCUT2D eigenvalue weighted by atomic mass is 9.49. The fourth-order valence-electron chi connectivity index (χ4n) is 7.73. The maximum atomic E-state index is 13.5. The number of nitrogens with zero attached hydrogens (tertiary/aromatic N) is 1. The normalized spacial score (nSPS) is 32.9. The summed E-state index contributed by atoms with van der Waals surface area (Å²) in [5.41, 5.74) is 5.86. The summed E-state index contributed by atoms with van der Waals surface area (Å²) in [4.78, 5) is 40.1. The molecule has 0 aromatic heterocycles. The van der Waals surface area contributed by atoms with Gasteiger partial charge in [0.1, 0.15) is 0 Å². The molecule has 1 N–H and O–H groups in total. The van der Waals surface area contributed by atoms with Crippen LogP contribution in [0.4, 0.5) is 0 Å². The average molecular weight is 400 g/mol. The van der Waals surface area contributed by atoms with Gasteiger partial charge in [-0.1, -0.05) is 12.1 Å². The summed E-state index contributed by atoms with van der Waals surface area (Å²) in [7, 11) is 0. The molecular formula is C25H24N2O3. The van der Waals surface area contributed by atoms with E-state index in [1.165, 1.54) is 30.4 Å². The van der Waals surface area contributed by atoms with Crippen molar-refractivity contribution in [3.63, 3.8) is 0 Å². The van der Waals surface area contributed by atoms with Crippen molar-refractivity contribution < 1.29 is 14.4 Å². The lowest BCUT2D eigenvalue weighted by molar-refractivity contribution is -0.149. The van der Waals surface area contributed by atoms with Gasteiger partial charge in [-0.25, -0.2) is 0 Å². The third kappa shape index (κ3) is 2.06. The van der Waals surface area contributed by atoms with E-state index in [1.807, 2.05) is 24.3 Å². The molecule has 3 amide bonds. The topological polar surface area (TPSA) is 66.5 Å². The quantitative estimate of drug-likeness (QED) is 0.780. The number of carbonyl (C=O) groups is 3. The maximum absolute atomic E-state index is 13.5. The van der Waals surface area contributed by atoms with Crippen molar-refractivity contribution >= 4 is 28.5 Å². The van der Waals surface area contributed by atoms with Gasteiger partial charge in [-0.15, -0.1) is 0 Å². The van der Waals surface area contributed by atoms with Crippen LogP contribution in [0.15, 0.2) is 24.3 Å². The fraction of sp³-hybridized carbons (Fsp3) is 0.480. The molecule has 8 rings (SSSR count). The van der Waals surface area contributed by atoms with Crippen molar-refractivity contribution in [2.24, 2.45) is 23.2 Å². The average Bonchev–Trinajstić information content (AvgIpc) is 3.14. The molecule has 152 valence electrons. The Morgan fingerprint density at radius 3 is 1.80 bits per heavy atom. The molecule has 0 radical (unpaired) electrons. The molecule has 0 unspecified atom stereocenters. The van der Waals surface area contributed by atoms with E-state index in [0.29, 0.717) is 28.9 Å².